The lowest BCUT2D eigenvalue weighted by atomic mass is 10.2. The van der Waals surface area contributed by atoms with Crippen LogP contribution in [0.25, 0.3) is 0 Å². The van der Waals surface area contributed by atoms with Gasteiger partial charge in [0.05, 0.1) is 6.61 Å². The van der Waals surface area contributed by atoms with Crippen molar-refractivity contribution in [2.24, 2.45) is 5.92 Å². The Morgan fingerprint density at radius 2 is 1.89 bits per heavy atom. The minimum absolute atomic E-state index is 0.0692. The fourth-order valence-corrected chi connectivity index (χ4v) is 1.21. The van der Waals surface area contributed by atoms with E-state index in [2.05, 4.69) is 13.8 Å². The summed E-state index contributed by atoms with van der Waals surface area (Å²) in [7, 11) is 0. The summed E-state index contributed by atoms with van der Waals surface area (Å²) >= 11 is 1.86. The molecule has 0 aromatic carbocycles. The van der Waals surface area contributed by atoms with Crippen molar-refractivity contribution in [1.82, 2.24) is 0 Å². The molecule has 1 nitrogen and oxygen atoms in total. The predicted molar refractivity (Wildman–Crippen MR) is 42.3 cm³/mol. The molecule has 0 saturated carbocycles. The molecule has 0 rings (SSSR count). The van der Waals surface area contributed by atoms with Crippen molar-refractivity contribution in [2.75, 3.05) is 12.4 Å². The molecule has 0 aliphatic heterocycles. The van der Waals surface area contributed by atoms with Crippen LogP contribution in [-0.2, 0) is 5.11 Å². The fourth-order valence-electron chi connectivity index (χ4n) is 0.405. The molecule has 2 heteroatoms. The molecule has 9 heavy (non-hydrogen) atoms. The molecular formula is C7H15OS. The zero-order chi connectivity index (χ0) is 7.28. The normalized spacial score (nSPS) is 14.3. The highest BCUT2D eigenvalue weighted by molar-refractivity contribution is 7.99. The van der Waals surface area contributed by atoms with Gasteiger partial charge in [0, 0.05) is 0 Å². The van der Waals surface area contributed by atoms with Gasteiger partial charge in [-0.3, -0.25) is 0 Å². The minimum atomic E-state index is 0.0692. The van der Waals surface area contributed by atoms with Gasteiger partial charge in [0.1, 0.15) is 0 Å². The summed E-state index contributed by atoms with van der Waals surface area (Å²) in [6, 6.07) is 0. The van der Waals surface area contributed by atoms with E-state index in [-0.39, 0.29) is 6.61 Å². The lowest BCUT2D eigenvalue weighted by Gasteiger charge is -2.07. The molecule has 1 unspecified atom stereocenters. The van der Waals surface area contributed by atoms with Crippen molar-refractivity contribution in [3.05, 3.63) is 0 Å². The molecule has 0 N–H and O–H groups in total. The third-order valence-corrected chi connectivity index (χ3v) is 2.43. The second-order valence-electron chi connectivity index (χ2n) is 2.65. The van der Waals surface area contributed by atoms with Crippen molar-refractivity contribution in [3.63, 3.8) is 0 Å². The van der Waals surface area contributed by atoms with Crippen molar-refractivity contribution in [1.29, 1.82) is 0 Å². The van der Waals surface area contributed by atoms with E-state index < -0.39 is 0 Å². The quantitative estimate of drug-likeness (QED) is 0.596. The first-order chi connectivity index (χ1) is 4.16. The van der Waals surface area contributed by atoms with Crippen molar-refractivity contribution >= 4 is 11.8 Å². The SMILES string of the molecule is CC(C[O])CSC(C)C. The summed E-state index contributed by atoms with van der Waals surface area (Å²) in [6.07, 6.45) is 0. The molecule has 0 aromatic rings. The molecular weight excluding hydrogens is 132 g/mol. The smallest absolute Gasteiger partial charge is 0.0855 e. The van der Waals surface area contributed by atoms with E-state index in [1.165, 1.54) is 0 Å². The lowest BCUT2D eigenvalue weighted by molar-refractivity contribution is 0.160. The van der Waals surface area contributed by atoms with Crippen LogP contribution in [0.3, 0.4) is 0 Å². The van der Waals surface area contributed by atoms with Gasteiger partial charge in [-0.05, 0) is 16.9 Å². The van der Waals surface area contributed by atoms with Crippen molar-refractivity contribution < 1.29 is 5.11 Å². The molecule has 55 valence electrons. The molecule has 1 atom stereocenters. The van der Waals surface area contributed by atoms with E-state index in [4.69, 9.17) is 0 Å². The zero-order valence-electron chi connectivity index (χ0n) is 6.39. The Hall–Kier alpha value is 0.310. The minimum Gasteiger partial charge on any atom is -0.236 e. The molecule has 0 saturated heterocycles. The topological polar surface area (TPSA) is 19.9 Å². The predicted octanol–water partition coefficient (Wildman–Crippen LogP) is 2.19. The van der Waals surface area contributed by atoms with Crippen molar-refractivity contribution in [2.45, 2.75) is 26.0 Å². The first-order valence-corrected chi connectivity index (χ1v) is 4.41. The van der Waals surface area contributed by atoms with Gasteiger partial charge in [0.2, 0.25) is 0 Å². The van der Waals surface area contributed by atoms with Gasteiger partial charge in [-0.2, -0.15) is 11.8 Å². The van der Waals surface area contributed by atoms with Crippen LogP contribution < -0.4 is 0 Å². The summed E-state index contributed by atoms with van der Waals surface area (Å²) in [6.45, 7) is 6.38. The first-order valence-electron chi connectivity index (χ1n) is 3.36. The number of thioether (sulfide) groups is 1. The number of hydrogen-bond donors (Lipinski definition) is 0. The molecule has 0 bridgehead atoms. The molecule has 0 aliphatic carbocycles. The van der Waals surface area contributed by atoms with E-state index in [0.717, 1.165) is 5.75 Å². The van der Waals surface area contributed by atoms with Crippen LogP contribution in [0.5, 0.6) is 0 Å². The molecule has 0 aromatic heterocycles. The summed E-state index contributed by atoms with van der Waals surface area (Å²) < 4.78 is 0. The number of rotatable bonds is 4. The van der Waals surface area contributed by atoms with Crippen LogP contribution in [0.2, 0.25) is 0 Å². The number of hydrogen-bond acceptors (Lipinski definition) is 1. The highest BCUT2D eigenvalue weighted by Crippen LogP contribution is 2.13. The Balaban J connectivity index is 3.06. The van der Waals surface area contributed by atoms with E-state index in [0.29, 0.717) is 11.2 Å². The van der Waals surface area contributed by atoms with Gasteiger partial charge in [-0.25, -0.2) is 5.11 Å². The van der Waals surface area contributed by atoms with Crippen LogP contribution >= 0.6 is 11.8 Å². The Morgan fingerprint density at radius 1 is 1.33 bits per heavy atom. The zero-order valence-corrected chi connectivity index (χ0v) is 7.20. The van der Waals surface area contributed by atoms with Gasteiger partial charge in [-0.1, -0.05) is 20.8 Å². The third kappa shape index (κ3) is 6.19. The monoisotopic (exact) mass is 147 g/mol. The average molecular weight is 147 g/mol. The maximum Gasteiger partial charge on any atom is 0.0855 e. The second kappa shape index (κ2) is 5.12. The summed E-state index contributed by atoms with van der Waals surface area (Å²) in [5, 5.41) is 10.9. The van der Waals surface area contributed by atoms with Gasteiger partial charge in [0.15, 0.2) is 0 Å². The largest absolute Gasteiger partial charge is 0.236 e. The van der Waals surface area contributed by atoms with Crippen LogP contribution in [0, 0.1) is 5.92 Å². The standard InChI is InChI=1S/C7H15OS/c1-6(2)9-5-7(3)4-8/h6-7H,4-5H2,1-3H3. The van der Waals surface area contributed by atoms with E-state index in [9.17, 15) is 5.11 Å². The first kappa shape index (κ1) is 9.31. The summed E-state index contributed by atoms with van der Waals surface area (Å²) in [4.78, 5) is 0. The van der Waals surface area contributed by atoms with Gasteiger partial charge in [-0.15, -0.1) is 0 Å². The highest BCUT2D eigenvalue weighted by atomic mass is 32.2. The summed E-state index contributed by atoms with van der Waals surface area (Å²) in [5.74, 6) is 1.36. The average Bonchev–Trinajstić information content (AvgIpc) is 1.83. The second-order valence-corrected chi connectivity index (χ2v) is 4.26. The van der Waals surface area contributed by atoms with E-state index in [1.54, 1.807) is 0 Å². The molecule has 0 spiro atoms. The lowest BCUT2D eigenvalue weighted by Crippen LogP contribution is -2.04. The van der Waals surface area contributed by atoms with Crippen LogP contribution in [0.15, 0.2) is 0 Å². The van der Waals surface area contributed by atoms with Crippen LogP contribution in [0.1, 0.15) is 20.8 Å². The maximum absolute atomic E-state index is 10.2. The molecule has 0 heterocycles. The van der Waals surface area contributed by atoms with Crippen LogP contribution in [-0.4, -0.2) is 17.6 Å². The Kier molecular flexibility index (Phi) is 5.30. The molecule has 1 radical (unpaired) electrons. The van der Waals surface area contributed by atoms with Gasteiger partial charge >= 0.3 is 0 Å². The molecule has 0 aliphatic rings. The van der Waals surface area contributed by atoms with E-state index >= 15 is 0 Å². The Bertz CT molecular complexity index is 63.9. The maximum atomic E-state index is 10.2. The molecule has 0 amide bonds. The molecule has 0 fully saturated rings. The Labute approximate surface area is 61.8 Å². The van der Waals surface area contributed by atoms with E-state index in [1.807, 2.05) is 18.7 Å². The van der Waals surface area contributed by atoms with Gasteiger partial charge < -0.3 is 0 Å². The highest BCUT2D eigenvalue weighted by Gasteiger charge is 2.01. The third-order valence-electron chi connectivity index (χ3n) is 0.999. The Morgan fingerprint density at radius 3 is 2.22 bits per heavy atom. The van der Waals surface area contributed by atoms with Crippen LogP contribution in [0.4, 0.5) is 0 Å². The summed E-state index contributed by atoms with van der Waals surface area (Å²) in [5.41, 5.74) is 0. The fraction of sp³-hybridized carbons (Fsp3) is 1.00. The van der Waals surface area contributed by atoms with Crippen molar-refractivity contribution in [3.8, 4) is 0 Å². The van der Waals surface area contributed by atoms with Gasteiger partial charge in [0.25, 0.3) is 0 Å².